The molecule has 0 spiro atoms. The van der Waals surface area contributed by atoms with E-state index in [1.54, 1.807) is 23.9 Å². The number of fused-ring (bicyclic) bond motifs is 2. The molecule has 0 atom stereocenters. The molecule has 33 heavy (non-hydrogen) atoms. The van der Waals surface area contributed by atoms with Gasteiger partial charge in [-0.05, 0) is 78.7 Å². The minimum Gasteiger partial charge on any atom is -0.486 e. The first-order valence-electron chi connectivity index (χ1n) is 10.9. The molecule has 4 nitrogen and oxygen atoms in total. The van der Waals surface area contributed by atoms with Gasteiger partial charge in [-0.25, -0.2) is 0 Å². The number of aryl methyl sites for hydroxylation is 1. The van der Waals surface area contributed by atoms with Crippen LogP contribution in [0, 0.1) is 0 Å². The largest absolute Gasteiger partial charge is 0.486 e. The third-order valence-corrected chi connectivity index (χ3v) is 6.59. The number of hydrogen-bond acceptors (Lipinski definition) is 5. The van der Waals surface area contributed by atoms with Crippen molar-refractivity contribution in [3.05, 3.63) is 108 Å². The summed E-state index contributed by atoms with van der Waals surface area (Å²) in [5.41, 5.74) is 3.91. The predicted molar refractivity (Wildman–Crippen MR) is 133 cm³/mol. The maximum absolute atomic E-state index is 12.7. The highest BCUT2D eigenvalue weighted by atomic mass is 32.2. The van der Waals surface area contributed by atoms with Crippen molar-refractivity contribution >= 4 is 35.0 Å². The first-order chi connectivity index (χ1) is 16.2. The monoisotopic (exact) mass is 453 g/mol. The van der Waals surface area contributed by atoms with E-state index in [2.05, 4.69) is 30.4 Å². The van der Waals surface area contributed by atoms with Gasteiger partial charge in [-0.3, -0.25) is 4.79 Å². The number of allylic oxidation sites excluding steroid dienone is 1. The number of para-hydroxylation sites is 1. The van der Waals surface area contributed by atoms with Crippen molar-refractivity contribution < 1.29 is 13.9 Å². The number of ketones is 1. The van der Waals surface area contributed by atoms with Gasteiger partial charge >= 0.3 is 0 Å². The van der Waals surface area contributed by atoms with Gasteiger partial charge in [0.15, 0.2) is 5.78 Å². The summed E-state index contributed by atoms with van der Waals surface area (Å²) < 4.78 is 11.6. The van der Waals surface area contributed by atoms with E-state index in [1.165, 1.54) is 10.5 Å². The molecule has 5 heteroatoms. The highest BCUT2D eigenvalue weighted by molar-refractivity contribution is 7.99. The van der Waals surface area contributed by atoms with Crippen LogP contribution in [-0.4, -0.2) is 5.78 Å². The average molecular weight is 454 g/mol. The van der Waals surface area contributed by atoms with Crippen LogP contribution in [0.15, 0.2) is 99.1 Å². The smallest absolute Gasteiger partial charge is 0.186 e. The Balaban J connectivity index is 1.21. The fraction of sp³-hybridized carbons (Fsp3) is 0.107. The van der Waals surface area contributed by atoms with Crippen LogP contribution in [0.25, 0.3) is 6.08 Å². The molecule has 1 aromatic heterocycles. The second-order valence-electron chi connectivity index (χ2n) is 7.72. The van der Waals surface area contributed by atoms with Gasteiger partial charge < -0.3 is 14.5 Å². The Morgan fingerprint density at radius 1 is 0.970 bits per heavy atom. The minimum absolute atomic E-state index is 0.0753. The molecule has 0 aliphatic carbocycles. The molecule has 164 valence electrons. The molecule has 5 rings (SSSR count). The molecule has 0 amide bonds. The van der Waals surface area contributed by atoms with E-state index in [9.17, 15) is 4.79 Å². The number of hydrogen-bond donors (Lipinski definition) is 1. The van der Waals surface area contributed by atoms with Crippen LogP contribution in [-0.2, 0) is 13.0 Å². The topological polar surface area (TPSA) is 51.5 Å². The van der Waals surface area contributed by atoms with Crippen molar-refractivity contribution in [3.63, 3.8) is 0 Å². The zero-order valence-electron chi connectivity index (χ0n) is 18.2. The highest BCUT2D eigenvalue weighted by Crippen LogP contribution is 2.44. The summed E-state index contributed by atoms with van der Waals surface area (Å²) in [7, 11) is 0. The molecule has 4 aromatic rings. The van der Waals surface area contributed by atoms with Crippen LogP contribution < -0.4 is 10.1 Å². The number of carbonyl (C=O) groups excluding carboxylic acids is 1. The Kier molecular flexibility index (Phi) is 6.05. The average Bonchev–Trinajstić information content (AvgIpc) is 3.32. The molecule has 0 saturated heterocycles. The van der Waals surface area contributed by atoms with Crippen molar-refractivity contribution in [1.29, 1.82) is 0 Å². The van der Waals surface area contributed by atoms with Gasteiger partial charge in [0, 0.05) is 15.4 Å². The molecule has 0 fully saturated rings. The lowest BCUT2D eigenvalue weighted by Gasteiger charge is -2.20. The lowest BCUT2D eigenvalue weighted by molar-refractivity contribution is 0.104. The maximum Gasteiger partial charge on any atom is 0.186 e. The third kappa shape index (κ3) is 4.89. The predicted octanol–water partition coefficient (Wildman–Crippen LogP) is 7.53. The van der Waals surface area contributed by atoms with Gasteiger partial charge in [0.1, 0.15) is 23.9 Å². The molecule has 0 saturated carbocycles. The Bertz CT molecular complexity index is 1320. The van der Waals surface area contributed by atoms with Crippen LogP contribution in [0.1, 0.15) is 34.4 Å². The summed E-state index contributed by atoms with van der Waals surface area (Å²) in [5.74, 6) is 2.05. The molecule has 2 heterocycles. The Hall–Kier alpha value is -3.70. The van der Waals surface area contributed by atoms with E-state index >= 15 is 0 Å². The Morgan fingerprint density at radius 2 is 1.79 bits per heavy atom. The lowest BCUT2D eigenvalue weighted by atomic mass is 10.1. The molecule has 3 aromatic carbocycles. The third-order valence-electron chi connectivity index (χ3n) is 5.43. The normalized spacial score (nSPS) is 12.2. The van der Waals surface area contributed by atoms with Crippen LogP contribution in [0.3, 0.4) is 0 Å². The molecule has 0 unspecified atom stereocenters. The van der Waals surface area contributed by atoms with E-state index in [4.69, 9.17) is 9.15 Å². The van der Waals surface area contributed by atoms with Gasteiger partial charge in [-0.1, -0.05) is 43.0 Å². The summed E-state index contributed by atoms with van der Waals surface area (Å²) in [5, 5.41) is 3.42. The molecular formula is C28H23NO3S. The zero-order valence-corrected chi connectivity index (χ0v) is 19.0. The zero-order chi connectivity index (χ0) is 22.6. The van der Waals surface area contributed by atoms with Crippen LogP contribution in [0.2, 0.25) is 0 Å². The fourth-order valence-electron chi connectivity index (χ4n) is 3.58. The van der Waals surface area contributed by atoms with E-state index in [1.807, 2.05) is 60.7 Å². The van der Waals surface area contributed by atoms with Crippen LogP contribution in [0.5, 0.6) is 5.75 Å². The first-order valence-corrected chi connectivity index (χ1v) is 11.7. The fourth-order valence-corrected chi connectivity index (χ4v) is 4.55. The lowest BCUT2D eigenvalue weighted by Crippen LogP contribution is -2.02. The number of rotatable bonds is 7. The number of anilines is 2. The SMILES string of the molecule is CCc1ccc(OCc2ccc(/C=C/C(=O)c3ccc4c(c3)Nc3ccccc3S4)o2)cc1. The molecular weight excluding hydrogens is 430 g/mol. The van der Waals surface area contributed by atoms with E-state index in [0.717, 1.165) is 28.4 Å². The van der Waals surface area contributed by atoms with E-state index < -0.39 is 0 Å². The molecule has 0 radical (unpaired) electrons. The summed E-state index contributed by atoms with van der Waals surface area (Å²) in [6.07, 6.45) is 4.24. The van der Waals surface area contributed by atoms with Crippen LogP contribution in [0.4, 0.5) is 11.4 Å². The summed E-state index contributed by atoms with van der Waals surface area (Å²) in [4.78, 5) is 15.0. The van der Waals surface area contributed by atoms with Gasteiger partial charge in [0.2, 0.25) is 0 Å². The molecule has 0 bridgehead atoms. The first kappa shape index (κ1) is 21.2. The Morgan fingerprint density at radius 3 is 2.64 bits per heavy atom. The second-order valence-corrected chi connectivity index (χ2v) is 8.81. The number of nitrogens with one attached hydrogen (secondary N) is 1. The minimum atomic E-state index is -0.0753. The summed E-state index contributed by atoms with van der Waals surface area (Å²) in [6.45, 7) is 2.46. The van der Waals surface area contributed by atoms with Gasteiger partial charge in [-0.15, -0.1) is 0 Å². The maximum atomic E-state index is 12.7. The number of benzene rings is 3. The standard InChI is InChI=1S/C28H23NO3S/c1-2-19-7-10-21(11-8-19)31-18-23-13-12-22(32-23)14-15-26(30)20-9-16-28-25(17-20)29-24-5-3-4-6-27(24)33-28/h3-17,29H,2,18H2,1H3/b15-14+. The number of furan rings is 1. The summed E-state index contributed by atoms with van der Waals surface area (Å²) >= 11 is 1.70. The van der Waals surface area contributed by atoms with E-state index in [0.29, 0.717) is 23.7 Å². The van der Waals surface area contributed by atoms with Crippen molar-refractivity contribution in [2.24, 2.45) is 0 Å². The highest BCUT2D eigenvalue weighted by Gasteiger charge is 2.16. The van der Waals surface area contributed by atoms with Gasteiger partial charge in [0.05, 0.1) is 11.4 Å². The molecule has 1 N–H and O–H groups in total. The number of ether oxygens (including phenoxy) is 1. The molecule has 1 aliphatic rings. The van der Waals surface area contributed by atoms with Crippen molar-refractivity contribution in [2.45, 2.75) is 29.7 Å². The quantitative estimate of drug-likeness (QED) is 0.204. The van der Waals surface area contributed by atoms with E-state index in [-0.39, 0.29) is 5.78 Å². The number of carbonyl (C=O) groups is 1. The van der Waals surface area contributed by atoms with Crippen molar-refractivity contribution in [1.82, 2.24) is 0 Å². The van der Waals surface area contributed by atoms with Crippen molar-refractivity contribution in [2.75, 3.05) is 5.32 Å². The summed E-state index contributed by atoms with van der Waals surface area (Å²) in [6, 6.07) is 25.6. The second kappa shape index (κ2) is 9.43. The molecule has 1 aliphatic heterocycles. The van der Waals surface area contributed by atoms with Crippen LogP contribution >= 0.6 is 11.8 Å². The van der Waals surface area contributed by atoms with Crippen molar-refractivity contribution in [3.8, 4) is 5.75 Å². The Labute approximate surface area is 197 Å². The van der Waals surface area contributed by atoms with Gasteiger partial charge in [0.25, 0.3) is 0 Å². The van der Waals surface area contributed by atoms with Gasteiger partial charge in [-0.2, -0.15) is 0 Å².